The molecule has 3 aromatic rings. The van der Waals surface area contributed by atoms with Gasteiger partial charge in [-0.3, -0.25) is 4.79 Å². The molecule has 0 atom stereocenters. The molecule has 0 unspecified atom stereocenters. The molecule has 0 aliphatic carbocycles. The second kappa shape index (κ2) is 8.39. The molecule has 2 aromatic carbocycles. The van der Waals surface area contributed by atoms with E-state index >= 15 is 0 Å². The molecule has 0 bridgehead atoms. The van der Waals surface area contributed by atoms with Crippen LogP contribution in [-0.2, 0) is 0 Å². The van der Waals surface area contributed by atoms with E-state index in [1.807, 2.05) is 51.9 Å². The first-order chi connectivity index (χ1) is 13.9. The number of benzene rings is 2. The molecule has 29 heavy (non-hydrogen) atoms. The van der Waals surface area contributed by atoms with E-state index < -0.39 is 0 Å². The summed E-state index contributed by atoms with van der Waals surface area (Å²) < 4.78 is 1.97. The topological polar surface area (TPSA) is 37.3 Å². The lowest BCUT2D eigenvalue weighted by Gasteiger charge is -2.33. The third-order valence-corrected chi connectivity index (χ3v) is 5.82. The lowest BCUT2D eigenvalue weighted by Crippen LogP contribution is -2.46. The van der Waals surface area contributed by atoms with Crippen molar-refractivity contribution in [2.45, 2.75) is 38.8 Å². The lowest BCUT2D eigenvalue weighted by atomic mass is 10.0. The minimum absolute atomic E-state index is 0.0419. The summed E-state index contributed by atoms with van der Waals surface area (Å²) in [7, 11) is 0. The number of likely N-dealkylation sites (tertiary alicyclic amines) is 1. The zero-order valence-electron chi connectivity index (χ0n) is 16.7. The molecule has 1 aliphatic rings. The number of nitrogens with zero attached hydrogens (tertiary/aromatic N) is 2. The summed E-state index contributed by atoms with van der Waals surface area (Å²) in [5.74, 6) is 0.0419. The highest BCUT2D eigenvalue weighted by Crippen LogP contribution is 2.29. The van der Waals surface area contributed by atoms with Crippen LogP contribution < -0.4 is 5.32 Å². The van der Waals surface area contributed by atoms with Crippen LogP contribution in [0.15, 0.2) is 48.5 Å². The van der Waals surface area contributed by atoms with Crippen LogP contribution in [-0.4, -0.2) is 40.5 Å². The van der Waals surface area contributed by atoms with Gasteiger partial charge in [-0.25, -0.2) is 0 Å². The molecule has 1 amide bonds. The van der Waals surface area contributed by atoms with Crippen molar-refractivity contribution in [1.29, 1.82) is 0 Å². The number of hydrogen-bond donors (Lipinski definition) is 1. The Morgan fingerprint density at radius 3 is 2.34 bits per heavy atom. The normalized spacial score (nSPS) is 15.4. The average Bonchev–Trinajstić information content (AvgIpc) is 3.06. The van der Waals surface area contributed by atoms with Crippen LogP contribution in [0.4, 0.5) is 0 Å². The van der Waals surface area contributed by atoms with Crippen molar-refractivity contribution in [3.63, 3.8) is 0 Å². The molecule has 0 saturated carbocycles. The van der Waals surface area contributed by atoms with Crippen molar-refractivity contribution in [2.24, 2.45) is 0 Å². The van der Waals surface area contributed by atoms with E-state index in [0.717, 1.165) is 42.5 Å². The van der Waals surface area contributed by atoms with E-state index in [1.54, 1.807) is 6.07 Å². The van der Waals surface area contributed by atoms with E-state index in [0.29, 0.717) is 27.8 Å². The van der Waals surface area contributed by atoms with Gasteiger partial charge in [-0.05, 0) is 43.2 Å². The predicted octanol–water partition coefficient (Wildman–Crippen LogP) is 5.54. The molecule has 0 spiro atoms. The van der Waals surface area contributed by atoms with Crippen molar-refractivity contribution >= 4 is 40.0 Å². The number of nitrogens with one attached hydrogen (secondary N) is 1. The van der Waals surface area contributed by atoms with E-state index in [1.165, 1.54) is 0 Å². The maximum absolute atomic E-state index is 13.5. The number of carbonyl (C=O) groups excluding carboxylic acids is 1. The average molecular weight is 430 g/mol. The summed E-state index contributed by atoms with van der Waals surface area (Å²) in [5, 5.41) is 5.69. The molecule has 4 nitrogen and oxygen atoms in total. The van der Waals surface area contributed by atoms with Crippen LogP contribution in [0, 0.1) is 0 Å². The molecule has 2 heterocycles. The van der Waals surface area contributed by atoms with Crippen molar-refractivity contribution in [3.05, 3.63) is 64.3 Å². The van der Waals surface area contributed by atoms with E-state index in [-0.39, 0.29) is 5.91 Å². The van der Waals surface area contributed by atoms with Gasteiger partial charge in [0.2, 0.25) is 0 Å². The first-order valence-electron chi connectivity index (χ1n) is 10.0. The summed E-state index contributed by atoms with van der Waals surface area (Å²) in [4.78, 5) is 15.4. The quantitative estimate of drug-likeness (QED) is 0.590. The Morgan fingerprint density at radius 2 is 1.69 bits per heavy atom. The van der Waals surface area contributed by atoms with Gasteiger partial charge in [-0.1, -0.05) is 55.2 Å². The highest BCUT2D eigenvalue weighted by molar-refractivity contribution is 6.34. The minimum atomic E-state index is 0.0419. The molecule has 1 aromatic heterocycles. The Bertz CT molecular complexity index is 1020. The fourth-order valence-corrected chi connectivity index (χ4v) is 4.66. The van der Waals surface area contributed by atoms with E-state index in [2.05, 4.69) is 19.2 Å². The summed E-state index contributed by atoms with van der Waals surface area (Å²) in [6.45, 7) is 5.82. The Labute approximate surface area is 181 Å². The number of halogens is 2. The number of fused-ring (bicyclic) bond motifs is 1. The first-order valence-corrected chi connectivity index (χ1v) is 10.8. The Balaban J connectivity index is 1.70. The van der Waals surface area contributed by atoms with Crippen LogP contribution in [0.3, 0.4) is 0 Å². The Morgan fingerprint density at radius 1 is 1.03 bits per heavy atom. The summed E-state index contributed by atoms with van der Waals surface area (Å²) in [6.07, 6.45) is 1.93. The summed E-state index contributed by atoms with van der Waals surface area (Å²) >= 11 is 12.5. The molecule has 1 saturated heterocycles. The zero-order chi connectivity index (χ0) is 20.5. The standard InChI is InChI=1S/C23H25Cl2N3O/c1-15(2)26-19-7-9-27(10-8-19)23(29)22-11-16-5-3-4-6-21(16)28(22)20-13-17(24)12-18(25)14-20/h3-6,11-15,19,26H,7-10H2,1-2H3. The Kier molecular flexibility index (Phi) is 5.86. The van der Waals surface area contributed by atoms with Crippen molar-refractivity contribution < 1.29 is 4.79 Å². The highest BCUT2D eigenvalue weighted by atomic mass is 35.5. The van der Waals surface area contributed by atoms with Crippen LogP contribution >= 0.6 is 23.2 Å². The second-order valence-corrected chi connectivity index (χ2v) is 8.81. The fourth-order valence-electron chi connectivity index (χ4n) is 4.14. The van der Waals surface area contributed by atoms with Gasteiger partial charge < -0.3 is 14.8 Å². The van der Waals surface area contributed by atoms with Gasteiger partial charge in [0.15, 0.2) is 0 Å². The minimum Gasteiger partial charge on any atom is -0.337 e. The first kappa shape index (κ1) is 20.3. The van der Waals surface area contributed by atoms with Crippen LogP contribution in [0.2, 0.25) is 10.0 Å². The molecule has 6 heteroatoms. The smallest absolute Gasteiger partial charge is 0.270 e. The third-order valence-electron chi connectivity index (χ3n) is 5.39. The molecule has 1 N–H and O–H groups in total. The third kappa shape index (κ3) is 4.30. The maximum Gasteiger partial charge on any atom is 0.270 e. The van der Waals surface area contributed by atoms with Gasteiger partial charge in [0, 0.05) is 46.3 Å². The Hall–Kier alpha value is -2.01. The van der Waals surface area contributed by atoms with Gasteiger partial charge in [0.05, 0.1) is 5.52 Å². The molecule has 4 rings (SSSR count). The number of aromatic nitrogens is 1. The summed E-state index contributed by atoms with van der Waals surface area (Å²) in [6, 6.07) is 16.3. The molecule has 152 valence electrons. The number of carbonyl (C=O) groups is 1. The number of amides is 1. The van der Waals surface area contributed by atoms with Crippen molar-refractivity contribution in [1.82, 2.24) is 14.8 Å². The fraction of sp³-hybridized carbons (Fsp3) is 0.348. The van der Waals surface area contributed by atoms with Crippen LogP contribution in [0.5, 0.6) is 0 Å². The zero-order valence-corrected chi connectivity index (χ0v) is 18.2. The number of piperidine rings is 1. The highest BCUT2D eigenvalue weighted by Gasteiger charge is 2.27. The van der Waals surface area contributed by atoms with Gasteiger partial charge in [-0.15, -0.1) is 0 Å². The molecule has 0 radical (unpaired) electrons. The van der Waals surface area contributed by atoms with Gasteiger partial charge in [0.25, 0.3) is 5.91 Å². The van der Waals surface area contributed by atoms with Gasteiger partial charge >= 0.3 is 0 Å². The van der Waals surface area contributed by atoms with Crippen LogP contribution in [0.25, 0.3) is 16.6 Å². The largest absolute Gasteiger partial charge is 0.337 e. The van der Waals surface area contributed by atoms with Crippen molar-refractivity contribution in [2.75, 3.05) is 13.1 Å². The SMILES string of the molecule is CC(C)NC1CCN(C(=O)c2cc3ccccc3n2-c2cc(Cl)cc(Cl)c2)CC1. The monoisotopic (exact) mass is 429 g/mol. The van der Waals surface area contributed by atoms with Gasteiger partial charge in [-0.2, -0.15) is 0 Å². The van der Waals surface area contributed by atoms with Gasteiger partial charge in [0.1, 0.15) is 5.69 Å². The molecular weight excluding hydrogens is 405 g/mol. The molecular formula is C23H25Cl2N3O. The summed E-state index contributed by atoms with van der Waals surface area (Å²) in [5.41, 5.74) is 2.40. The maximum atomic E-state index is 13.5. The number of hydrogen-bond acceptors (Lipinski definition) is 2. The van der Waals surface area contributed by atoms with Crippen molar-refractivity contribution in [3.8, 4) is 5.69 Å². The predicted molar refractivity (Wildman–Crippen MR) is 120 cm³/mol. The van der Waals surface area contributed by atoms with Crippen LogP contribution in [0.1, 0.15) is 37.2 Å². The lowest BCUT2D eigenvalue weighted by molar-refractivity contribution is 0.0695. The van der Waals surface area contributed by atoms with E-state index in [9.17, 15) is 4.79 Å². The molecule has 1 aliphatic heterocycles. The second-order valence-electron chi connectivity index (χ2n) is 7.94. The molecule has 1 fully saturated rings. The number of rotatable bonds is 4. The number of para-hydroxylation sites is 1. The van der Waals surface area contributed by atoms with E-state index in [4.69, 9.17) is 23.2 Å².